The first-order chi connectivity index (χ1) is 21.5. The molecule has 0 fully saturated rings. The van der Waals surface area contributed by atoms with Crippen LogP contribution in [0.25, 0.3) is 0 Å². The first kappa shape index (κ1) is 33.5. The van der Waals surface area contributed by atoms with E-state index in [4.69, 9.17) is 16.3 Å². The molecule has 4 aromatic rings. The Morgan fingerprint density at radius 1 is 0.889 bits per heavy atom. The van der Waals surface area contributed by atoms with Crippen LogP contribution in [0.1, 0.15) is 25.0 Å². The highest BCUT2D eigenvalue weighted by Gasteiger charge is 2.35. The maximum Gasteiger partial charge on any atom is 0.264 e. The number of halogens is 2. The summed E-state index contributed by atoms with van der Waals surface area (Å²) in [5.74, 6) is -1.36. The number of nitrogens with zero attached hydrogens (tertiary/aromatic N) is 2. The largest absolute Gasteiger partial charge is 0.495 e. The van der Waals surface area contributed by atoms with E-state index in [2.05, 4.69) is 5.32 Å². The molecule has 0 aromatic heterocycles. The summed E-state index contributed by atoms with van der Waals surface area (Å²) in [5, 5.41) is 3.13. The van der Waals surface area contributed by atoms with Crippen molar-refractivity contribution in [2.45, 2.75) is 43.8 Å². The number of hydrogen-bond acceptors (Lipinski definition) is 5. The molecule has 0 bridgehead atoms. The highest BCUT2D eigenvalue weighted by atomic mass is 35.5. The topological polar surface area (TPSA) is 96.0 Å². The average molecular weight is 652 g/mol. The summed E-state index contributed by atoms with van der Waals surface area (Å²) in [6, 6.07) is 25.7. The Labute approximate surface area is 268 Å². The molecule has 4 aromatic carbocycles. The number of amides is 2. The smallest absolute Gasteiger partial charge is 0.264 e. The number of nitrogens with one attached hydrogen (secondary N) is 1. The molecule has 0 aliphatic rings. The van der Waals surface area contributed by atoms with Crippen LogP contribution in [0.3, 0.4) is 0 Å². The second-order valence-electron chi connectivity index (χ2n) is 10.7. The maximum atomic E-state index is 14.5. The number of benzene rings is 4. The molecule has 4 rings (SSSR count). The number of sulfonamides is 1. The van der Waals surface area contributed by atoms with Crippen molar-refractivity contribution in [3.05, 3.63) is 125 Å². The van der Waals surface area contributed by atoms with Gasteiger partial charge in [-0.3, -0.25) is 13.9 Å². The van der Waals surface area contributed by atoms with E-state index in [0.717, 1.165) is 9.87 Å². The van der Waals surface area contributed by atoms with Crippen molar-refractivity contribution in [2.75, 3.05) is 18.0 Å². The summed E-state index contributed by atoms with van der Waals surface area (Å²) < 4.78 is 48.5. The predicted octanol–water partition coefficient (Wildman–Crippen LogP) is 5.85. The molecule has 8 nitrogen and oxygen atoms in total. The van der Waals surface area contributed by atoms with Gasteiger partial charge in [0.25, 0.3) is 10.0 Å². The fourth-order valence-corrected chi connectivity index (χ4v) is 6.42. The van der Waals surface area contributed by atoms with Crippen molar-refractivity contribution in [1.29, 1.82) is 0 Å². The number of carbonyl (C=O) groups is 2. The summed E-state index contributed by atoms with van der Waals surface area (Å²) in [7, 11) is -2.95. The molecule has 236 valence electrons. The first-order valence-electron chi connectivity index (χ1n) is 14.3. The molecular formula is C34H35ClFN3O5S. The lowest BCUT2D eigenvalue weighted by molar-refractivity contribution is -0.140. The van der Waals surface area contributed by atoms with Gasteiger partial charge in [0.1, 0.15) is 24.2 Å². The third-order valence-corrected chi connectivity index (χ3v) is 9.00. The van der Waals surface area contributed by atoms with Crippen LogP contribution in [0.5, 0.6) is 5.75 Å². The Bertz CT molecular complexity index is 1710. The van der Waals surface area contributed by atoms with E-state index in [9.17, 15) is 22.4 Å². The van der Waals surface area contributed by atoms with Crippen LogP contribution in [0.2, 0.25) is 5.02 Å². The van der Waals surface area contributed by atoms with E-state index in [1.54, 1.807) is 24.3 Å². The van der Waals surface area contributed by atoms with Gasteiger partial charge in [-0.25, -0.2) is 12.8 Å². The number of hydrogen-bond donors (Lipinski definition) is 1. The van der Waals surface area contributed by atoms with Gasteiger partial charge in [-0.2, -0.15) is 0 Å². The lowest BCUT2D eigenvalue weighted by Gasteiger charge is -2.34. The lowest BCUT2D eigenvalue weighted by atomic mass is 10.0. The molecule has 0 aliphatic heterocycles. The molecule has 0 heterocycles. The van der Waals surface area contributed by atoms with Gasteiger partial charge in [0.05, 0.1) is 17.7 Å². The van der Waals surface area contributed by atoms with Gasteiger partial charge in [0.2, 0.25) is 11.8 Å². The van der Waals surface area contributed by atoms with Crippen LogP contribution in [-0.4, -0.2) is 50.9 Å². The molecule has 0 spiro atoms. The van der Waals surface area contributed by atoms with Gasteiger partial charge in [-0.05, 0) is 67.4 Å². The molecule has 0 saturated heterocycles. The maximum absolute atomic E-state index is 14.5. The monoisotopic (exact) mass is 651 g/mol. The third kappa shape index (κ3) is 8.61. The van der Waals surface area contributed by atoms with Crippen molar-refractivity contribution in [3.8, 4) is 5.75 Å². The normalized spacial score (nSPS) is 12.0. The summed E-state index contributed by atoms with van der Waals surface area (Å²) in [4.78, 5) is 29.5. The summed E-state index contributed by atoms with van der Waals surface area (Å²) in [6.45, 7) is 2.84. The van der Waals surface area contributed by atoms with Crippen molar-refractivity contribution in [2.24, 2.45) is 0 Å². The van der Waals surface area contributed by atoms with Crippen LogP contribution < -0.4 is 14.4 Å². The Kier molecular flexibility index (Phi) is 11.2. The Balaban J connectivity index is 1.84. The van der Waals surface area contributed by atoms with E-state index in [0.29, 0.717) is 5.56 Å². The number of carbonyl (C=O) groups excluding carboxylic acids is 2. The van der Waals surface area contributed by atoms with Crippen LogP contribution in [-0.2, 0) is 32.6 Å². The lowest BCUT2D eigenvalue weighted by Crippen LogP contribution is -2.54. The zero-order chi connectivity index (χ0) is 32.6. The van der Waals surface area contributed by atoms with Crippen LogP contribution in [0.4, 0.5) is 10.1 Å². The number of methoxy groups -OCH3 is 1. The van der Waals surface area contributed by atoms with Gasteiger partial charge >= 0.3 is 0 Å². The molecule has 45 heavy (non-hydrogen) atoms. The van der Waals surface area contributed by atoms with Gasteiger partial charge < -0.3 is 15.0 Å². The minimum absolute atomic E-state index is 0.0511. The standard InChI is InChI=1S/C34H35ClFN3O5S/c1-24(2)37-34(41)31(20-25-10-6-4-7-11-25)38(22-26-14-17-28(36)18-15-26)33(40)23-39(30-21-27(35)16-19-32(30)44-3)45(42,43)29-12-8-5-9-13-29/h4-19,21,24,31H,20,22-23H2,1-3H3,(H,37,41)/t31-/m1/s1. The minimum atomic E-state index is -4.34. The highest BCUT2D eigenvalue weighted by molar-refractivity contribution is 7.92. The predicted molar refractivity (Wildman–Crippen MR) is 173 cm³/mol. The van der Waals surface area contributed by atoms with E-state index < -0.39 is 40.2 Å². The summed E-state index contributed by atoms with van der Waals surface area (Å²) in [6.07, 6.45) is 0.151. The molecule has 0 aliphatic carbocycles. The second kappa shape index (κ2) is 15.0. The Morgan fingerprint density at radius 3 is 2.11 bits per heavy atom. The number of ether oxygens (including phenoxy) is 1. The van der Waals surface area contributed by atoms with Gasteiger partial charge in [-0.15, -0.1) is 0 Å². The first-order valence-corrected chi connectivity index (χ1v) is 16.1. The van der Waals surface area contributed by atoms with Gasteiger partial charge in [-0.1, -0.05) is 72.3 Å². The molecular weight excluding hydrogens is 617 g/mol. The van der Waals surface area contributed by atoms with E-state index in [1.165, 1.54) is 60.5 Å². The Hall–Kier alpha value is -4.41. The van der Waals surface area contributed by atoms with Gasteiger partial charge in [0.15, 0.2) is 0 Å². The molecule has 0 radical (unpaired) electrons. The zero-order valence-corrected chi connectivity index (χ0v) is 26.8. The zero-order valence-electron chi connectivity index (χ0n) is 25.2. The number of rotatable bonds is 13. The Morgan fingerprint density at radius 2 is 1.51 bits per heavy atom. The average Bonchev–Trinajstić information content (AvgIpc) is 3.02. The molecule has 1 atom stereocenters. The fraction of sp³-hybridized carbons (Fsp3) is 0.235. The van der Waals surface area contributed by atoms with Gasteiger partial charge in [0, 0.05) is 24.0 Å². The van der Waals surface area contributed by atoms with Crippen LogP contribution in [0, 0.1) is 5.82 Å². The fourth-order valence-electron chi connectivity index (χ4n) is 4.81. The summed E-state index contributed by atoms with van der Waals surface area (Å²) in [5.41, 5.74) is 1.40. The third-order valence-electron chi connectivity index (χ3n) is 6.99. The van der Waals surface area contributed by atoms with Crippen LogP contribution in [0.15, 0.2) is 108 Å². The molecule has 0 saturated carbocycles. The quantitative estimate of drug-likeness (QED) is 0.196. The highest BCUT2D eigenvalue weighted by Crippen LogP contribution is 2.35. The SMILES string of the molecule is COc1ccc(Cl)cc1N(CC(=O)N(Cc1ccc(F)cc1)[C@H](Cc1ccccc1)C(=O)NC(C)C)S(=O)(=O)c1ccccc1. The van der Waals surface area contributed by atoms with E-state index in [-0.39, 0.29) is 40.4 Å². The van der Waals surface area contributed by atoms with E-state index in [1.807, 2.05) is 44.2 Å². The van der Waals surface area contributed by atoms with Crippen molar-refractivity contribution < 1.29 is 27.1 Å². The van der Waals surface area contributed by atoms with E-state index >= 15 is 0 Å². The number of anilines is 1. The molecule has 2 amide bonds. The molecule has 1 N–H and O–H groups in total. The second-order valence-corrected chi connectivity index (χ2v) is 13.0. The van der Waals surface area contributed by atoms with Crippen LogP contribution >= 0.6 is 11.6 Å². The van der Waals surface area contributed by atoms with Crippen molar-refractivity contribution in [3.63, 3.8) is 0 Å². The van der Waals surface area contributed by atoms with Crippen molar-refractivity contribution >= 4 is 39.1 Å². The summed E-state index contributed by atoms with van der Waals surface area (Å²) >= 11 is 6.31. The minimum Gasteiger partial charge on any atom is -0.495 e. The van der Waals surface area contributed by atoms with Crippen molar-refractivity contribution in [1.82, 2.24) is 10.2 Å². The molecule has 11 heteroatoms. The molecule has 0 unspecified atom stereocenters.